The van der Waals surface area contributed by atoms with Crippen LogP contribution < -0.4 is 5.32 Å². The Bertz CT molecular complexity index is 301. The summed E-state index contributed by atoms with van der Waals surface area (Å²) in [6, 6.07) is 8.92. The van der Waals surface area contributed by atoms with E-state index in [0.717, 1.165) is 12.5 Å². The van der Waals surface area contributed by atoms with Crippen LogP contribution in [0.15, 0.2) is 24.3 Å². The molecule has 1 saturated heterocycles. The SMILES string of the molecule is CCCc1ccc(NCC2CCSC2)cc1. The molecule has 0 bridgehead atoms. The largest absolute Gasteiger partial charge is 0.385 e. The van der Waals surface area contributed by atoms with Crippen molar-refractivity contribution in [3.05, 3.63) is 29.8 Å². The first-order valence-electron chi connectivity index (χ1n) is 6.29. The third kappa shape index (κ3) is 3.44. The zero-order valence-electron chi connectivity index (χ0n) is 10.0. The highest BCUT2D eigenvalue weighted by Gasteiger charge is 2.14. The molecule has 0 aliphatic carbocycles. The fraction of sp³-hybridized carbons (Fsp3) is 0.571. The van der Waals surface area contributed by atoms with Crippen LogP contribution in [0.4, 0.5) is 5.69 Å². The van der Waals surface area contributed by atoms with E-state index < -0.39 is 0 Å². The van der Waals surface area contributed by atoms with Crippen LogP contribution in [0.2, 0.25) is 0 Å². The van der Waals surface area contributed by atoms with Gasteiger partial charge in [0, 0.05) is 12.2 Å². The molecular formula is C14H21NS. The molecule has 1 aliphatic heterocycles. The Morgan fingerprint density at radius 1 is 1.31 bits per heavy atom. The van der Waals surface area contributed by atoms with E-state index in [1.54, 1.807) is 0 Å². The third-order valence-corrected chi connectivity index (χ3v) is 4.34. The highest BCUT2D eigenvalue weighted by Crippen LogP contribution is 2.23. The summed E-state index contributed by atoms with van der Waals surface area (Å²) in [5.41, 5.74) is 2.72. The van der Waals surface area contributed by atoms with Crippen molar-refractivity contribution >= 4 is 17.4 Å². The van der Waals surface area contributed by atoms with E-state index in [1.807, 2.05) is 0 Å². The Hall–Kier alpha value is -0.630. The second kappa shape index (κ2) is 6.19. The van der Waals surface area contributed by atoms with Gasteiger partial charge in [0.25, 0.3) is 0 Å². The van der Waals surface area contributed by atoms with Gasteiger partial charge >= 0.3 is 0 Å². The molecule has 1 aliphatic rings. The first-order chi connectivity index (χ1) is 7.88. The molecule has 0 amide bonds. The van der Waals surface area contributed by atoms with Gasteiger partial charge in [0.1, 0.15) is 0 Å². The fourth-order valence-electron chi connectivity index (χ4n) is 2.08. The van der Waals surface area contributed by atoms with Crippen LogP contribution in [0.5, 0.6) is 0 Å². The molecular weight excluding hydrogens is 214 g/mol. The molecule has 1 aromatic rings. The van der Waals surface area contributed by atoms with Crippen LogP contribution in [0.1, 0.15) is 25.3 Å². The molecule has 1 unspecified atom stereocenters. The number of hydrogen-bond donors (Lipinski definition) is 1. The molecule has 0 saturated carbocycles. The van der Waals surface area contributed by atoms with Crippen molar-refractivity contribution in [2.75, 3.05) is 23.4 Å². The summed E-state index contributed by atoms with van der Waals surface area (Å²) in [4.78, 5) is 0. The standard InChI is InChI=1S/C14H21NS/c1-2-3-12-4-6-14(7-5-12)15-10-13-8-9-16-11-13/h4-7,13,15H,2-3,8-11H2,1H3. The molecule has 1 aromatic carbocycles. The van der Waals surface area contributed by atoms with Crippen molar-refractivity contribution in [1.82, 2.24) is 0 Å². The van der Waals surface area contributed by atoms with Gasteiger partial charge in [0.2, 0.25) is 0 Å². The minimum absolute atomic E-state index is 0.875. The molecule has 2 rings (SSSR count). The summed E-state index contributed by atoms with van der Waals surface area (Å²) in [7, 11) is 0. The highest BCUT2D eigenvalue weighted by atomic mass is 32.2. The molecule has 1 nitrogen and oxygen atoms in total. The first kappa shape index (κ1) is 11.8. The number of hydrogen-bond acceptors (Lipinski definition) is 2. The van der Waals surface area contributed by atoms with E-state index in [4.69, 9.17) is 0 Å². The van der Waals surface area contributed by atoms with E-state index in [0.29, 0.717) is 0 Å². The highest BCUT2D eigenvalue weighted by molar-refractivity contribution is 7.99. The zero-order valence-corrected chi connectivity index (χ0v) is 10.9. The van der Waals surface area contributed by atoms with Gasteiger partial charge in [0.15, 0.2) is 0 Å². The maximum Gasteiger partial charge on any atom is 0.0340 e. The normalized spacial score (nSPS) is 19.9. The molecule has 1 heterocycles. The average molecular weight is 235 g/mol. The Balaban J connectivity index is 1.80. The predicted molar refractivity (Wildman–Crippen MR) is 74.4 cm³/mol. The van der Waals surface area contributed by atoms with Gasteiger partial charge in [0.05, 0.1) is 0 Å². The summed E-state index contributed by atoms with van der Waals surface area (Å²) in [5.74, 6) is 3.56. The van der Waals surface area contributed by atoms with Crippen LogP contribution in [-0.4, -0.2) is 18.1 Å². The maximum absolute atomic E-state index is 3.54. The van der Waals surface area contributed by atoms with Crippen molar-refractivity contribution in [1.29, 1.82) is 0 Å². The smallest absolute Gasteiger partial charge is 0.0340 e. The van der Waals surface area contributed by atoms with Gasteiger partial charge in [-0.1, -0.05) is 25.5 Å². The van der Waals surface area contributed by atoms with Crippen molar-refractivity contribution < 1.29 is 0 Å². The molecule has 2 heteroatoms. The van der Waals surface area contributed by atoms with Crippen LogP contribution >= 0.6 is 11.8 Å². The van der Waals surface area contributed by atoms with E-state index >= 15 is 0 Å². The van der Waals surface area contributed by atoms with Crippen LogP contribution in [0.3, 0.4) is 0 Å². The Morgan fingerprint density at radius 2 is 2.12 bits per heavy atom. The summed E-state index contributed by atoms with van der Waals surface area (Å²) in [6.07, 6.45) is 3.80. The lowest BCUT2D eigenvalue weighted by Crippen LogP contribution is -2.13. The number of benzene rings is 1. The van der Waals surface area contributed by atoms with Gasteiger partial charge in [-0.25, -0.2) is 0 Å². The molecule has 0 radical (unpaired) electrons. The molecule has 16 heavy (non-hydrogen) atoms. The van der Waals surface area contributed by atoms with E-state index in [9.17, 15) is 0 Å². The lowest BCUT2D eigenvalue weighted by Gasteiger charge is -2.11. The fourth-order valence-corrected chi connectivity index (χ4v) is 3.37. The lowest BCUT2D eigenvalue weighted by atomic mass is 10.1. The van der Waals surface area contributed by atoms with E-state index in [-0.39, 0.29) is 0 Å². The van der Waals surface area contributed by atoms with Gasteiger partial charge in [-0.05, 0) is 48.0 Å². The molecule has 0 spiro atoms. The topological polar surface area (TPSA) is 12.0 Å². The van der Waals surface area contributed by atoms with Crippen LogP contribution in [0, 0.1) is 5.92 Å². The van der Waals surface area contributed by atoms with Gasteiger partial charge in [-0.15, -0.1) is 0 Å². The molecule has 1 N–H and O–H groups in total. The summed E-state index contributed by atoms with van der Waals surface area (Å²) in [5, 5.41) is 3.54. The average Bonchev–Trinajstić information content (AvgIpc) is 2.82. The minimum atomic E-state index is 0.875. The summed E-state index contributed by atoms with van der Waals surface area (Å²) >= 11 is 2.09. The quantitative estimate of drug-likeness (QED) is 0.833. The van der Waals surface area contributed by atoms with Crippen LogP contribution in [0.25, 0.3) is 0 Å². The number of anilines is 1. The van der Waals surface area contributed by atoms with Crippen LogP contribution in [-0.2, 0) is 6.42 Å². The maximum atomic E-state index is 3.54. The van der Waals surface area contributed by atoms with Gasteiger partial charge < -0.3 is 5.32 Å². The van der Waals surface area contributed by atoms with Crippen molar-refractivity contribution in [3.63, 3.8) is 0 Å². The number of aryl methyl sites for hydroxylation is 1. The molecule has 1 fully saturated rings. The van der Waals surface area contributed by atoms with Gasteiger partial charge in [-0.2, -0.15) is 11.8 Å². The second-order valence-electron chi connectivity index (χ2n) is 4.56. The number of rotatable bonds is 5. The van der Waals surface area contributed by atoms with E-state index in [2.05, 4.69) is 48.3 Å². The predicted octanol–water partition coefficient (Wildman–Crippen LogP) is 3.80. The molecule has 0 aromatic heterocycles. The molecule has 1 atom stereocenters. The van der Waals surface area contributed by atoms with Gasteiger partial charge in [-0.3, -0.25) is 0 Å². The Morgan fingerprint density at radius 3 is 2.75 bits per heavy atom. The molecule has 88 valence electrons. The first-order valence-corrected chi connectivity index (χ1v) is 7.44. The zero-order chi connectivity index (χ0) is 11.2. The Kier molecular flexibility index (Phi) is 4.58. The summed E-state index contributed by atoms with van der Waals surface area (Å²) in [6.45, 7) is 3.37. The van der Waals surface area contributed by atoms with Crippen molar-refractivity contribution in [2.24, 2.45) is 5.92 Å². The number of thioether (sulfide) groups is 1. The van der Waals surface area contributed by atoms with Crippen molar-refractivity contribution in [3.8, 4) is 0 Å². The lowest BCUT2D eigenvalue weighted by molar-refractivity contribution is 0.632. The summed E-state index contributed by atoms with van der Waals surface area (Å²) < 4.78 is 0. The minimum Gasteiger partial charge on any atom is -0.385 e. The van der Waals surface area contributed by atoms with Crippen molar-refractivity contribution in [2.45, 2.75) is 26.2 Å². The monoisotopic (exact) mass is 235 g/mol. The third-order valence-electron chi connectivity index (χ3n) is 3.11. The number of nitrogens with one attached hydrogen (secondary N) is 1. The Labute approximate surface area is 103 Å². The second-order valence-corrected chi connectivity index (χ2v) is 5.71. The van der Waals surface area contributed by atoms with E-state index in [1.165, 1.54) is 42.0 Å².